The topological polar surface area (TPSA) is 56.8 Å². The second kappa shape index (κ2) is 7.31. The van der Waals surface area contributed by atoms with E-state index in [0.29, 0.717) is 30.2 Å². The van der Waals surface area contributed by atoms with Gasteiger partial charge in [0.1, 0.15) is 11.5 Å². The van der Waals surface area contributed by atoms with Crippen molar-refractivity contribution in [3.8, 4) is 11.5 Å². The lowest BCUT2D eigenvalue weighted by Crippen LogP contribution is -2.15. The zero-order chi connectivity index (χ0) is 14.3. The largest absolute Gasteiger partial charge is 0.497 e. The van der Waals surface area contributed by atoms with Gasteiger partial charge in [-0.05, 0) is 19.1 Å². The lowest BCUT2D eigenvalue weighted by atomic mass is 10.2. The minimum absolute atomic E-state index is 0.293. The Labute approximate surface area is 113 Å². The van der Waals surface area contributed by atoms with E-state index in [1.165, 1.54) is 0 Å². The molecule has 0 amide bonds. The molecule has 5 nitrogen and oxygen atoms in total. The Morgan fingerprint density at radius 1 is 1.32 bits per heavy atom. The maximum atomic E-state index is 11.4. The first-order valence-electron chi connectivity index (χ1n) is 5.93. The van der Waals surface area contributed by atoms with Gasteiger partial charge in [-0.15, -0.1) is 0 Å². The van der Waals surface area contributed by atoms with Gasteiger partial charge in [-0.1, -0.05) is 6.58 Å². The molecule has 0 radical (unpaired) electrons. The number of rotatable bonds is 7. The predicted octanol–water partition coefficient (Wildman–Crippen LogP) is 2.24. The summed E-state index contributed by atoms with van der Waals surface area (Å²) in [4.78, 5) is 11.4. The molecule has 1 aromatic carbocycles. The van der Waals surface area contributed by atoms with Crippen molar-refractivity contribution >= 4 is 11.7 Å². The molecule has 0 aliphatic heterocycles. The smallest absolute Gasteiger partial charge is 0.335 e. The van der Waals surface area contributed by atoms with Crippen molar-refractivity contribution in [2.75, 3.05) is 32.7 Å². The summed E-state index contributed by atoms with van der Waals surface area (Å²) >= 11 is 0. The van der Waals surface area contributed by atoms with Gasteiger partial charge in [-0.25, -0.2) is 4.79 Å². The Morgan fingerprint density at radius 2 is 2.05 bits per heavy atom. The molecule has 0 unspecified atom stereocenters. The molecule has 0 aromatic heterocycles. The number of esters is 1. The van der Waals surface area contributed by atoms with Crippen LogP contribution in [0.3, 0.4) is 0 Å². The van der Waals surface area contributed by atoms with E-state index in [2.05, 4.69) is 11.9 Å². The summed E-state index contributed by atoms with van der Waals surface area (Å²) in [7, 11) is 3.16. The van der Waals surface area contributed by atoms with Crippen LogP contribution < -0.4 is 14.8 Å². The number of benzene rings is 1. The molecule has 1 N–H and O–H groups in total. The average Bonchev–Trinajstić information content (AvgIpc) is 2.44. The van der Waals surface area contributed by atoms with Gasteiger partial charge < -0.3 is 19.5 Å². The van der Waals surface area contributed by atoms with E-state index in [0.717, 1.165) is 5.69 Å². The van der Waals surface area contributed by atoms with Gasteiger partial charge >= 0.3 is 5.97 Å². The van der Waals surface area contributed by atoms with Crippen LogP contribution in [0, 0.1) is 0 Å². The third-order valence-electron chi connectivity index (χ3n) is 2.47. The number of hydrogen-bond acceptors (Lipinski definition) is 5. The Balaban J connectivity index is 2.67. The van der Waals surface area contributed by atoms with E-state index in [1.807, 2.05) is 6.07 Å². The maximum absolute atomic E-state index is 11.4. The minimum atomic E-state index is -0.400. The summed E-state index contributed by atoms with van der Waals surface area (Å²) in [6.07, 6.45) is 0. The fraction of sp³-hybridized carbons (Fsp3) is 0.357. The first-order chi connectivity index (χ1) is 9.12. The summed E-state index contributed by atoms with van der Waals surface area (Å²) in [5, 5.41) is 3.07. The van der Waals surface area contributed by atoms with Gasteiger partial charge in [0, 0.05) is 18.2 Å². The number of carbonyl (C=O) groups is 1. The van der Waals surface area contributed by atoms with Crippen molar-refractivity contribution < 1.29 is 19.0 Å². The molecule has 0 saturated carbocycles. The summed E-state index contributed by atoms with van der Waals surface area (Å²) < 4.78 is 15.2. The van der Waals surface area contributed by atoms with Crippen molar-refractivity contribution in [3.63, 3.8) is 0 Å². The fourth-order valence-electron chi connectivity index (χ4n) is 1.45. The molecule has 1 rings (SSSR count). The highest BCUT2D eigenvalue weighted by Gasteiger charge is 2.09. The summed E-state index contributed by atoms with van der Waals surface area (Å²) in [5.74, 6) is 0.935. The van der Waals surface area contributed by atoms with Crippen LogP contribution in [-0.4, -0.2) is 33.3 Å². The quantitative estimate of drug-likeness (QED) is 0.605. The predicted molar refractivity (Wildman–Crippen MR) is 73.8 cm³/mol. The Morgan fingerprint density at radius 3 is 2.63 bits per heavy atom. The van der Waals surface area contributed by atoms with E-state index in [9.17, 15) is 4.79 Å². The number of anilines is 1. The highest BCUT2D eigenvalue weighted by Crippen LogP contribution is 2.28. The molecule has 5 heteroatoms. The number of hydrogen-bond donors (Lipinski definition) is 1. The molecule has 0 atom stereocenters. The van der Waals surface area contributed by atoms with Gasteiger partial charge in [-0.3, -0.25) is 0 Å². The molecule has 0 spiro atoms. The molecule has 0 heterocycles. The normalized spacial score (nSPS) is 9.63. The van der Waals surface area contributed by atoms with Crippen LogP contribution in [0.5, 0.6) is 11.5 Å². The van der Waals surface area contributed by atoms with Crippen molar-refractivity contribution in [2.45, 2.75) is 6.92 Å². The summed E-state index contributed by atoms with van der Waals surface area (Å²) in [6.45, 7) is 6.06. The maximum Gasteiger partial charge on any atom is 0.335 e. The van der Waals surface area contributed by atoms with Crippen molar-refractivity contribution in [3.05, 3.63) is 30.4 Å². The molecule has 0 bridgehead atoms. The Hall–Kier alpha value is -2.17. The fourth-order valence-corrected chi connectivity index (χ4v) is 1.45. The molecule has 1 aromatic rings. The SMILES string of the molecule is C=C(CNc1ccc(OC)cc1OC)C(=O)OCC. The standard InChI is InChI=1S/C14H19NO4/c1-5-19-14(16)10(2)9-15-12-7-6-11(17-3)8-13(12)18-4/h6-8,15H,2,5,9H2,1,3-4H3. The van der Waals surface area contributed by atoms with Crippen LogP contribution in [0.4, 0.5) is 5.69 Å². The molecule has 0 saturated heterocycles. The lowest BCUT2D eigenvalue weighted by Gasteiger charge is -2.13. The van der Waals surface area contributed by atoms with Gasteiger partial charge in [0.05, 0.1) is 26.5 Å². The number of methoxy groups -OCH3 is 2. The monoisotopic (exact) mass is 265 g/mol. The highest BCUT2D eigenvalue weighted by atomic mass is 16.5. The van der Waals surface area contributed by atoms with E-state index in [-0.39, 0.29) is 0 Å². The Bertz CT molecular complexity index is 457. The molecular formula is C14H19NO4. The van der Waals surface area contributed by atoms with E-state index in [1.54, 1.807) is 33.3 Å². The zero-order valence-electron chi connectivity index (χ0n) is 11.5. The lowest BCUT2D eigenvalue weighted by molar-refractivity contribution is -0.138. The van der Waals surface area contributed by atoms with Crippen molar-refractivity contribution in [1.82, 2.24) is 0 Å². The second-order valence-electron chi connectivity index (χ2n) is 3.74. The first kappa shape index (κ1) is 14.9. The van der Waals surface area contributed by atoms with Crippen LogP contribution in [0.25, 0.3) is 0 Å². The Kier molecular flexibility index (Phi) is 5.73. The molecular weight excluding hydrogens is 246 g/mol. The van der Waals surface area contributed by atoms with E-state index >= 15 is 0 Å². The summed E-state index contributed by atoms with van der Waals surface area (Å²) in [5.41, 5.74) is 1.12. The third-order valence-corrected chi connectivity index (χ3v) is 2.47. The molecule has 0 aliphatic rings. The van der Waals surface area contributed by atoms with Gasteiger partial charge in [0.25, 0.3) is 0 Å². The van der Waals surface area contributed by atoms with Crippen LogP contribution in [0.1, 0.15) is 6.92 Å². The van der Waals surface area contributed by atoms with Gasteiger partial charge in [0.15, 0.2) is 0 Å². The average molecular weight is 265 g/mol. The highest BCUT2D eigenvalue weighted by molar-refractivity contribution is 5.88. The van der Waals surface area contributed by atoms with Crippen LogP contribution in [0.15, 0.2) is 30.4 Å². The zero-order valence-corrected chi connectivity index (χ0v) is 11.5. The second-order valence-corrected chi connectivity index (χ2v) is 3.74. The van der Waals surface area contributed by atoms with Crippen LogP contribution in [-0.2, 0) is 9.53 Å². The van der Waals surface area contributed by atoms with E-state index < -0.39 is 5.97 Å². The van der Waals surface area contributed by atoms with Gasteiger partial charge in [0.2, 0.25) is 0 Å². The molecule has 0 fully saturated rings. The van der Waals surface area contributed by atoms with Crippen LogP contribution >= 0.6 is 0 Å². The molecule has 0 aliphatic carbocycles. The van der Waals surface area contributed by atoms with Crippen molar-refractivity contribution in [1.29, 1.82) is 0 Å². The number of ether oxygens (including phenoxy) is 3. The number of carbonyl (C=O) groups excluding carboxylic acids is 1. The minimum Gasteiger partial charge on any atom is -0.497 e. The third kappa shape index (κ3) is 4.21. The van der Waals surface area contributed by atoms with Gasteiger partial charge in [-0.2, -0.15) is 0 Å². The molecule has 104 valence electrons. The summed E-state index contributed by atoms with van der Waals surface area (Å²) in [6, 6.07) is 5.38. The van der Waals surface area contributed by atoms with Crippen LogP contribution in [0.2, 0.25) is 0 Å². The molecule has 19 heavy (non-hydrogen) atoms. The van der Waals surface area contributed by atoms with Crippen molar-refractivity contribution in [2.24, 2.45) is 0 Å². The number of nitrogens with one attached hydrogen (secondary N) is 1. The first-order valence-corrected chi connectivity index (χ1v) is 5.93. The van der Waals surface area contributed by atoms with E-state index in [4.69, 9.17) is 14.2 Å².